The fourth-order valence-electron chi connectivity index (χ4n) is 5.03. The molecule has 17 nitrogen and oxygen atoms in total. The van der Waals surface area contributed by atoms with Gasteiger partial charge in [0.1, 0.15) is 24.3 Å². The summed E-state index contributed by atoms with van der Waals surface area (Å²) < 4.78 is 32.8. The van der Waals surface area contributed by atoms with Crippen LogP contribution < -0.4 is 25.4 Å². The highest BCUT2D eigenvalue weighted by molar-refractivity contribution is 5.94. The maximum atomic E-state index is 14.9. The van der Waals surface area contributed by atoms with Crippen LogP contribution in [0.5, 0.6) is 11.6 Å². The van der Waals surface area contributed by atoms with E-state index in [1.807, 2.05) is 13.1 Å². The number of hydrogen-bond donors (Lipinski definition) is 3. The summed E-state index contributed by atoms with van der Waals surface area (Å²) in [5.41, 5.74) is 7.25. The monoisotopic (exact) mass is 600 g/mol. The molecule has 2 unspecified atom stereocenters. The Bertz CT molecular complexity index is 1510. The number of carbonyl (C=O) groups excluding carboxylic acids is 2. The lowest BCUT2D eigenvalue weighted by atomic mass is 10.1. The van der Waals surface area contributed by atoms with Crippen molar-refractivity contribution in [3.8, 4) is 11.6 Å². The Balaban J connectivity index is 0.00000118. The summed E-state index contributed by atoms with van der Waals surface area (Å²) in [6, 6.07) is 3.38. The van der Waals surface area contributed by atoms with Gasteiger partial charge in [-0.05, 0) is 53.9 Å². The maximum absolute atomic E-state index is 14.9. The molecule has 1 aromatic carbocycles. The first-order valence-corrected chi connectivity index (χ1v) is 13.3. The molecule has 1 aliphatic carbocycles. The SMILES string of the molecule is CN(CCC1CN(c2cnc3c(n2)NC(=O)CO3)C(=O)O1)C1Cc2cc(OCCn3nnnc3N)cc(F)c2C1.O=CO. The minimum Gasteiger partial charge on any atom is -0.492 e. The Morgan fingerprint density at radius 1 is 1.33 bits per heavy atom. The molecule has 6 rings (SSSR count). The van der Waals surface area contributed by atoms with Crippen LogP contribution in [0.25, 0.3) is 0 Å². The third-order valence-corrected chi connectivity index (χ3v) is 7.19. The molecule has 3 aromatic rings. The van der Waals surface area contributed by atoms with Crippen molar-refractivity contribution >= 4 is 36.1 Å². The van der Waals surface area contributed by atoms with E-state index in [0.717, 1.165) is 5.56 Å². The molecule has 1 saturated heterocycles. The standard InChI is InChI=1S/C24H27FN10O5.CH2O2/c1-33(3-2-15-11-34(24(37)40-15)19-10-27-22-21(28-19)29-20(36)12-39-22)14-6-13-7-16(9-18(25)17(13)8-14)38-5-4-35-23(26)30-31-32-35;2-1-3/h7,9-10,14-15H,2-6,8,11-12H2,1H3,(H2,26,30,32)(H,28,29,36);1H,(H,2,3). The van der Waals surface area contributed by atoms with Crippen molar-refractivity contribution in [2.45, 2.75) is 38.0 Å². The molecule has 3 aliphatic rings. The van der Waals surface area contributed by atoms with Gasteiger partial charge in [0.05, 0.1) is 19.3 Å². The minimum absolute atomic E-state index is 0.101. The van der Waals surface area contributed by atoms with E-state index in [9.17, 15) is 14.0 Å². The normalized spacial score (nSPS) is 18.6. The number of tetrazole rings is 1. The van der Waals surface area contributed by atoms with Gasteiger partial charge in [-0.2, -0.15) is 0 Å². The van der Waals surface area contributed by atoms with Gasteiger partial charge < -0.3 is 35.3 Å². The summed E-state index contributed by atoms with van der Waals surface area (Å²) >= 11 is 0. The lowest BCUT2D eigenvalue weighted by Crippen LogP contribution is -2.35. The third kappa shape index (κ3) is 6.69. The zero-order valence-corrected chi connectivity index (χ0v) is 23.1. The number of nitrogens with two attached hydrogens (primary N) is 1. The third-order valence-electron chi connectivity index (χ3n) is 7.19. The number of halogens is 1. The number of nitrogens with zero attached hydrogens (tertiary/aromatic N) is 8. The summed E-state index contributed by atoms with van der Waals surface area (Å²) in [6.45, 7) is 1.15. The average Bonchev–Trinajstić information content (AvgIpc) is 3.70. The van der Waals surface area contributed by atoms with Gasteiger partial charge in [0.15, 0.2) is 18.2 Å². The molecule has 228 valence electrons. The predicted octanol–water partition coefficient (Wildman–Crippen LogP) is 0.110. The van der Waals surface area contributed by atoms with Crippen LogP contribution in [0, 0.1) is 5.82 Å². The summed E-state index contributed by atoms with van der Waals surface area (Å²) in [6.07, 6.45) is 2.36. The number of carbonyl (C=O) groups is 3. The molecule has 0 bridgehead atoms. The Morgan fingerprint density at radius 3 is 2.91 bits per heavy atom. The van der Waals surface area contributed by atoms with Crippen LogP contribution in [0.2, 0.25) is 0 Å². The molecule has 2 atom stereocenters. The van der Waals surface area contributed by atoms with Crippen LogP contribution in [0.15, 0.2) is 18.3 Å². The van der Waals surface area contributed by atoms with Crippen LogP contribution in [-0.4, -0.2) is 104 Å². The molecule has 18 heteroatoms. The van der Waals surface area contributed by atoms with E-state index in [-0.39, 0.29) is 67.0 Å². The molecule has 1 fully saturated rings. The van der Waals surface area contributed by atoms with Crippen molar-refractivity contribution in [1.29, 1.82) is 0 Å². The molecule has 0 saturated carbocycles. The molecule has 2 aliphatic heterocycles. The van der Waals surface area contributed by atoms with Gasteiger partial charge in [-0.25, -0.2) is 23.8 Å². The zero-order valence-electron chi connectivity index (χ0n) is 23.1. The molecule has 2 amide bonds. The summed E-state index contributed by atoms with van der Waals surface area (Å²) in [7, 11) is 1.98. The number of carboxylic acid groups (broad SMARTS) is 1. The summed E-state index contributed by atoms with van der Waals surface area (Å²) in [5.74, 6) is 0.644. The second-order valence-corrected chi connectivity index (χ2v) is 9.92. The molecule has 4 N–H and O–H groups in total. The van der Waals surface area contributed by atoms with E-state index in [4.69, 9.17) is 29.8 Å². The fraction of sp³-hybridized carbons (Fsp3) is 0.440. The maximum Gasteiger partial charge on any atom is 0.415 e. The van der Waals surface area contributed by atoms with Crippen LogP contribution in [0.1, 0.15) is 17.5 Å². The quantitative estimate of drug-likeness (QED) is 0.278. The van der Waals surface area contributed by atoms with Crippen molar-refractivity contribution in [2.75, 3.05) is 49.3 Å². The molecule has 2 aromatic heterocycles. The van der Waals surface area contributed by atoms with Gasteiger partial charge in [0.2, 0.25) is 5.95 Å². The summed E-state index contributed by atoms with van der Waals surface area (Å²) in [5, 5.41) is 20.3. The van der Waals surface area contributed by atoms with Crippen LogP contribution >= 0.6 is 0 Å². The van der Waals surface area contributed by atoms with Gasteiger partial charge in [0, 0.05) is 18.7 Å². The van der Waals surface area contributed by atoms with E-state index >= 15 is 0 Å². The number of fused-ring (bicyclic) bond motifs is 2. The fourth-order valence-corrected chi connectivity index (χ4v) is 5.03. The molecule has 0 radical (unpaired) electrons. The Kier molecular flexibility index (Phi) is 8.74. The lowest BCUT2D eigenvalue weighted by Gasteiger charge is -2.25. The number of ether oxygens (including phenoxy) is 3. The van der Waals surface area contributed by atoms with Crippen LogP contribution in [0.4, 0.5) is 26.8 Å². The van der Waals surface area contributed by atoms with E-state index in [0.29, 0.717) is 50.2 Å². The second kappa shape index (κ2) is 12.8. The number of nitrogen functional groups attached to an aromatic ring is 1. The largest absolute Gasteiger partial charge is 0.492 e. The first-order valence-electron chi connectivity index (χ1n) is 13.3. The van der Waals surface area contributed by atoms with E-state index in [1.54, 1.807) is 0 Å². The highest BCUT2D eigenvalue weighted by Crippen LogP contribution is 2.32. The van der Waals surface area contributed by atoms with Gasteiger partial charge >= 0.3 is 6.09 Å². The number of rotatable bonds is 9. The van der Waals surface area contributed by atoms with E-state index < -0.39 is 6.09 Å². The number of amides is 2. The number of likely N-dealkylation sites (N-methyl/N-ethyl adjacent to an activating group) is 1. The number of anilines is 3. The summed E-state index contributed by atoms with van der Waals surface area (Å²) in [4.78, 5) is 44.4. The zero-order chi connectivity index (χ0) is 30.5. The number of hydrogen-bond acceptors (Lipinski definition) is 13. The number of aromatic nitrogens is 6. The van der Waals surface area contributed by atoms with Gasteiger partial charge in [-0.3, -0.25) is 14.5 Å². The van der Waals surface area contributed by atoms with Crippen molar-refractivity contribution in [1.82, 2.24) is 35.1 Å². The molecule has 43 heavy (non-hydrogen) atoms. The highest BCUT2D eigenvalue weighted by Gasteiger charge is 2.35. The van der Waals surface area contributed by atoms with Crippen LogP contribution in [0.3, 0.4) is 0 Å². The van der Waals surface area contributed by atoms with Gasteiger partial charge in [-0.15, -0.1) is 0 Å². The van der Waals surface area contributed by atoms with Crippen molar-refractivity contribution in [3.05, 3.63) is 35.3 Å². The van der Waals surface area contributed by atoms with E-state index in [2.05, 4.69) is 35.7 Å². The average molecular weight is 601 g/mol. The number of benzene rings is 1. The Hall–Kier alpha value is -5.13. The molecule has 4 heterocycles. The number of nitrogens with one attached hydrogen (secondary N) is 1. The van der Waals surface area contributed by atoms with Crippen molar-refractivity contribution in [2.24, 2.45) is 0 Å². The minimum atomic E-state index is -0.532. The first-order chi connectivity index (χ1) is 20.7. The van der Waals surface area contributed by atoms with Crippen LogP contribution in [-0.2, 0) is 33.7 Å². The Labute approximate surface area is 243 Å². The molecular formula is C25H29FN10O7. The van der Waals surface area contributed by atoms with Crippen molar-refractivity contribution < 1.29 is 38.1 Å². The highest BCUT2D eigenvalue weighted by atomic mass is 19.1. The van der Waals surface area contributed by atoms with Gasteiger partial charge in [-0.1, -0.05) is 5.10 Å². The Morgan fingerprint density at radius 2 is 2.14 bits per heavy atom. The topological polar surface area (TPSA) is 213 Å². The smallest absolute Gasteiger partial charge is 0.415 e. The second-order valence-electron chi connectivity index (χ2n) is 9.92. The van der Waals surface area contributed by atoms with E-state index in [1.165, 1.54) is 21.8 Å². The molecular weight excluding hydrogens is 571 g/mol. The molecule has 0 spiro atoms. The first kappa shape index (κ1) is 29.4. The van der Waals surface area contributed by atoms with Crippen molar-refractivity contribution in [3.63, 3.8) is 0 Å². The predicted molar refractivity (Wildman–Crippen MR) is 145 cm³/mol. The van der Waals surface area contributed by atoms with Gasteiger partial charge in [0.25, 0.3) is 18.3 Å². The lowest BCUT2D eigenvalue weighted by molar-refractivity contribution is -0.123. The number of cyclic esters (lactones) is 1.